The largest absolute Gasteiger partial charge is 0.326 e. The van der Waals surface area contributed by atoms with Gasteiger partial charge in [0.2, 0.25) is 15.9 Å². The molecule has 0 bridgehead atoms. The second-order valence-corrected chi connectivity index (χ2v) is 9.71. The zero-order chi connectivity index (χ0) is 20.5. The van der Waals surface area contributed by atoms with Crippen molar-refractivity contribution in [1.29, 1.82) is 0 Å². The number of aryl methyl sites for hydroxylation is 3. The first-order chi connectivity index (χ1) is 13.2. The maximum atomic E-state index is 13.0. The summed E-state index contributed by atoms with van der Waals surface area (Å²) in [6, 6.07) is 10.9. The number of nitrogens with one attached hydrogen (secondary N) is 1. The molecule has 1 saturated heterocycles. The van der Waals surface area contributed by atoms with Crippen molar-refractivity contribution in [1.82, 2.24) is 4.31 Å². The van der Waals surface area contributed by atoms with Crippen molar-refractivity contribution >= 4 is 33.2 Å². The summed E-state index contributed by atoms with van der Waals surface area (Å²) in [5.74, 6) is -0.311. The highest BCUT2D eigenvalue weighted by molar-refractivity contribution is 7.89. The molecular formula is C21H25ClN2O3S. The maximum absolute atomic E-state index is 13.0. The number of amides is 1. The van der Waals surface area contributed by atoms with E-state index in [4.69, 9.17) is 11.6 Å². The summed E-state index contributed by atoms with van der Waals surface area (Å²) in [5, 5.41) is 3.49. The lowest BCUT2D eigenvalue weighted by molar-refractivity contribution is -0.120. The number of anilines is 1. The molecule has 1 aliphatic heterocycles. The number of carbonyl (C=O) groups excluding carboxylic acids is 1. The van der Waals surface area contributed by atoms with E-state index in [-0.39, 0.29) is 11.8 Å². The van der Waals surface area contributed by atoms with Gasteiger partial charge in [0, 0.05) is 29.7 Å². The molecule has 5 nitrogen and oxygen atoms in total. The third-order valence-electron chi connectivity index (χ3n) is 5.23. The Hall–Kier alpha value is -1.89. The van der Waals surface area contributed by atoms with Crippen LogP contribution in [-0.2, 0) is 14.8 Å². The van der Waals surface area contributed by atoms with E-state index < -0.39 is 10.0 Å². The minimum atomic E-state index is -3.55. The summed E-state index contributed by atoms with van der Waals surface area (Å²) in [4.78, 5) is 12.9. The predicted molar refractivity (Wildman–Crippen MR) is 112 cm³/mol. The summed E-state index contributed by atoms with van der Waals surface area (Å²) in [6.45, 7) is 6.26. The Balaban J connectivity index is 1.65. The molecule has 0 spiro atoms. The molecular weight excluding hydrogens is 396 g/mol. The highest BCUT2D eigenvalue weighted by atomic mass is 35.5. The Morgan fingerprint density at radius 2 is 1.68 bits per heavy atom. The molecule has 1 aliphatic rings. The van der Waals surface area contributed by atoms with Crippen LogP contribution in [0.15, 0.2) is 41.3 Å². The van der Waals surface area contributed by atoms with Gasteiger partial charge in [-0.1, -0.05) is 29.8 Å². The predicted octanol–water partition coefficient (Wildman–Crippen LogP) is 4.30. The van der Waals surface area contributed by atoms with Crippen molar-refractivity contribution in [3.8, 4) is 0 Å². The number of hydrogen-bond donors (Lipinski definition) is 1. The Morgan fingerprint density at radius 1 is 1.04 bits per heavy atom. The van der Waals surface area contributed by atoms with Crippen LogP contribution in [-0.4, -0.2) is 31.7 Å². The van der Waals surface area contributed by atoms with Crippen LogP contribution in [0.5, 0.6) is 0 Å². The Morgan fingerprint density at radius 3 is 2.32 bits per heavy atom. The van der Waals surface area contributed by atoms with Crippen molar-refractivity contribution in [2.75, 3.05) is 18.4 Å². The fourth-order valence-electron chi connectivity index (χ4n) is 3.40. The van der Waals surface area contributed by atoms with Gasteiger partial charge >= 0.3 is 0 Å². The van der Waals surface area contributed by atoms with Gasteiger partial charge < -0.3 is 5.32 Å². The molecule has 7 heteroatoms. The number of rotatable bonds is 4. The third-order valence-corrected chi connectivity index (χ3v) is 7.67. The standard InChI is InChI=1S/C21H25ClN2O3S/c1-14-4-5-16(3)20(12-14)28(26,27)24-10-8-17(9-11-24)21(25)23-18-7-6-15(2)19(22)13-18/h4-7,12-13,17H,8-11H2,1-3H3,(H,23,25). The summed E-state index contributed by atoms with van der Waals surface area (Å²) < 4.78 is 27.5. The van der Waals surface area contributed by atoms with Gasteiger partial charge in [-0.15, -0.1) is 0 Å². The second kappa shape index (κ2) is 8.23. The second-order valence-electron chi connectivity index (χ2n) is 7.40. The van der Waals surface area contributed by atoms with Crippen molar-refractivity contribution in [3.63, 3.8) is 0 Å². The topological polar surface area (TPSA) is 66.5 Å². The molecule has 3 rings (SSSR count). The monoisotopic (exact) mass is 420 g/mol. The number of hydrogen-bond acceptors (Lipinski definition) is 3. The van der Waals surface area contributed by atoms with Gasteiger partial charge in [-0.25, -0.2) is 8.42 Å². The number of carbonyl (C=O) groups is 1. The molecule has 2 aromatic carbocycles. The van der Waals surface area contributed by atoms with Crippen LogP contribution in [0.1, 0.15) is 29.5 Å². The molecule has 0 aromatic heterocycles. The first-order valence-electron chi connectivity index (χ1n) is 9.33. The number of halogens is 1. The zero-order valence-corrected chi connectivity index (χ0v) is 17.9. The van der Waals surface area contributed by atoms with Gasteiger partial charge in [-0.2, -0.15) is 4.31 Å². The SMILES string of the molecule is Cc1ccc(C)c(S(=O)(=O)N2CCC(C(=O)Nc3ccc(C)c(Cl)c3)CC2)c1. The van der Waals surface area contributed by atoms with E-state index in [1.54, 1.807) is 19.1 Å². The van der Waals surface area contributed by atoms with Gasteiger partial charge in [0.1, 0.15) is 0 Å². The number of nitrogens with zero attached hydrogens (tertiary/aromatic N) is 1. The average molecular weight is 421 g/mol. The van der Waals surface area contributed by atoms with Gasteiger partial charge in [-0.3, -0.25) is 4.79 Å². The molecule has 1 amide bonds. The van der Waals surface area contributed by atoms with Crippen molar-refractivity contribution in [2.45, 2.75) is 38.5 Å². The lowest BCUT2D eigenvalue weighted by atomic mass is 9.97. The molecule has 150 valence electrons. The fraction of sp³-hybridized carbons (Fsp3) is 0.381. The van der Waals surface area contributed by atoms with Gasteiger partial charge in [0.05, 0.1) is 4.90 Å². The van der Waals surface area contributed by atoms with E-state index in [0.717, 1.165) is 16.7 Å². The lowest BCUT2D eigenvalue weighted by Crippen LogP contribution is -2.41. The number of piperidine rings is 1. The van der Waals surface area contributed by atoms with Crippen LogP contribution < -0.4 is 5.32 Å². The van der Waals surface area contributed by atoms with E-state index in [2.05, 4.69) is 5.32 Å². The molecule has 0 saturated carbocycles. The molecule has 0 radical (unpaired) electrons. The Bertz CT molecular complexity index is 997. The van der Waals surface area contributed by atoms with Crippen molar-refractivity contribution in [3.05, 3.63) is 58.1 Å². The molecule has 2 aromatic rings. The summed E-state index contributed by atoms with van der Waals surface area (Å²) in [6.07, 6.45) is 0.991. The first kappa shape index (κ1) is 20.8. The quantitative estimate of drug-likeness (QED) is 0.801. The molecule has 1 heterocycles. The third kappa shape index (κ3) is 4.40. The molecule has 1 fully saturated rings. The van der Waals surface area contributed by atoms with Gasteiger partial charge in [0.25, 0.3) is 0 Å². The highest BCUT2D eigenvalue weighted by Gasteiger charge is 2.32. The van der Waals surface area contributed by atoms with Crippen LogP contribution in [0.25, 0.3) is 0 Å². The molecule has 0 unspecified atom stereocenters. The number of sulfonamides is 1. The number of benzene rings is 2. The van der Waals surface area contributed by atoms with E-state index in [9.17, 15) is 13.2 Å². The van der Waals surface area contributed by atoms with E-state index >= 15 is 0 Å². The van der Waals surface area contributed by atoms with Crippen LogP contribution in [0, 0.1) is 26.7 Å². The molecule has 0 atom stereocenters. The molecule has 0 aliphatic carbocycles. The van der Waals surface area contributed by atoms with E-state index in [1.165, 1.54) is 4.31 Å². The maximum Gasteiger partial charge on any atom is 0.243 e. The van der Waals surface area contributed by atoms with Crippen LogP contribution in [0.2, 0.25) is 5.02 Å². The summed E-state index contributed by atoms with van der Waals surface area (Å²) >= 11 is 6.11. The van der Waals surface area contributed by atoms with E-state index in [1.807, 2.05) is 38.1 Å². The minimum Gasteiger partial charge on any atom is -0.326 e. The van der Waals surface area contributed by atoms with Crippen LogP contribution >= 0.6 is 11.6 Å². The lowest BCUT2D eigenvalue weighted by Gasteiger charge is -2.31. The fourth-order valence-corrected chi connectivity index (χ4v) is 5.36. The minimum absolute atomic E-state index is 0.0938. The average Bonchev–Trinajstić information content (AvgIpc) is 2.66. The molecule has 28 heavy (non-hydrogen) atoms. The zero-order valence-electron chi connectivity index (χ0n) is 16.3. The van der Waals surface area contributed by atoms with Gasteiger partial charge in [-0.05, 0) is 68.5 Å². The van der Waals surface area contributed by atoms with Gasteiger partial charge in [0.15, 0.2) is 0 Å². The Kier molecular flexibility index (Phi) is 6.12. The summed E-state index contributed by atoms with van der Waals surface area (Å²) in [7, 11) is -3.55. The molecule has 1 N–H and O–H groups in total. The highest BCUT2D eigenvalue weighted by Crippen LogP contribution is 2.27. The van der Waals surface area contributed by atoms with E-state index in [0.29, 0.717) is 41.5 Å². The van der Waals surface area contributed by atoms with Crippen molar-refractivity contribution in [2.24, 2.45) is 5.92 Å². The summed E-state index contributed by atoms with van der Waals surface area (Å²) in [5.41, 5.74) is 3.26. The Labute approximate surface area is 171 Å². The van der Waals surface area contributed by atoms with Crippen LogP contribution in [0.3, 0.4) is 0 Å². The normalized spacial score (nSPS) is 16.1. The first-order valence-corrected chi connectivity index (χ1v) is 11.1. The van der Waals surface area contributed by atoms with Crippen molar-refractivity contribution < 1.29 is 13.2 Å². The van der Waals surface area contributed by atoms with Crippen LogP contribution in [0.4, 0.5) is 5.69 Å². The smallest absolute Gasteiger partial charge is 0.243 e.